The van der Waals surface area contributed by atoms with Gasteiger partial charge in [-0.15, -0.1) is 0 Å². The molecule has 96 valence electrons. The van der Waals surface area contributed by atoms with Crippen LogP contribution in [-0.2, 0) is 4.74 Å². The summed E-state index contributed by atoms with van der Waals surface area (Å²) in [6.45, 7) is 15.0. The highest BCUT2D eigenvalue weighted by atomic mass is 16.5. The van der Waals surface area contributed by atoms with Crippen LogP contribution in [0.15, 0.2) is 0 Å². The minimum absolute atomic E-state index is 0.339. The average Bonchev–Trinajstić information content (AvgIpc) is 2.17. The topological polar surface area (TPSA) is 12.5 Å². The highest BCUT2D eigenvalue weighted by Crippen LogP contribution is 2.47. The highest BCUT2D eigenvalue weighted by Gasteiger charge is 2.44. The fourth-order valence-electron chi connectivity index (χ4n) is 2.86. The fourth-order valence-corrected chi connectivity index (χ4v) is 2.86. The highest BCUT2D eigenvalue weighted by molar-refractivity contribution is 4.94. The summed E-state index contributed by atoms with van der Waals surface area (Å²) in [6, 6.07) is 0.681. The molecule has 0 aromatic carbocycles. The Balaban J connectivity index is 2.70. The fraction of sp³-hybridized carbons (Fsp3) is 1.00. The minimum Gasteiger partial charge on any atom is -0.384 e. The van der Waals surface area contributed by atoms with E-state index in [0.29, 0.717) is 16.9 Å². The van der Waals surface area contributed by atoms with Gasteiger partial charge in [-0.3, -0.25) is 0 Å². The maximum absolute atomic E-state index is 5.49. The van der Waals surface area contributed by atoms with Gasteiger partial charge in [-0.2, -0.15) is 0 Å². The Kier molecular flexibility index (Phi) is 4.42. The van der Waals surface area contributed by atoms with Crippen molar-refractivity contribution >= 4 is 0 Å². The maximum Gasteiger partial charge on any atom is 0.0524 e. The zero-order chi connectivity index (χ0) is 12.4. The lowest BCUT2D eigenvalue weighted by molar-refractivity contribution is -0.0577. The molecule has 0 saturated carbocycles. The van der Waals surface area contributed by atoms with Gasteiger partial charge in [-0.05, 0) is 45.2 Å². The molecule has 0 aliphatic carbocycles. The quantitative estimate of drug-likeness (QED) is 0.734. The largest absolute Gasteiger partial charge is 0.384 e. The zero-order valence-corrected chi connectivity index (χ0v) is 12.0. The van der Waals surface area contributed by atoms with Crippen LogP contribution in [0.2, 0.25) is 0 Å². The molecule has 0 aromatic heterocycles. The molecule has 0 spiro atoms. The smallest absolute Gasteiger partial charge is 0.0524 e. The molecule has 2 nitrogen and oxygen atoms in total. The van der Waals surface area contributed by atoms with Gasteiger partial charge in [-0.25, -0.2) is 0 Å². The molecule has 0 aromatic rings. The van der Waals surface area contributed by atoms with E-state index in [-0.39, 0.29) is 0 Å². The lowest BCUT2D eigenvalue weighted by Crippen LogP contribution is -2.50. The Hall–Kier alpha value is -0.0800. The summed E-state index contributed by atoms with van der Waals surface area (Å²) in [5, 5.41) is 0. The second-order valence-corrected chi connectivity index (χ2v) is 6.59. The second kappa shape index (κ2) is 5.05. The van der Waals surface area contributed by atoms with E-state index in [1.165, 1.54) is 25.9 Å². The summed E-state index contributed by atoms with van der Waals surface area (Å²) >= 11 is 0. The third-order valence-electron chi connectivity index (χ3n) is 4.50. The summed E-state index contributed by atoms with van der Waals surface area (Å²) in [4.78, 5) is 2.58. The SMILES string of the molecule is COCC1(C(C)(C)C)CCN(C(C)C)CC1. The first-order valence-corrected chi connectivity index (χ1v) is 6.55. The first-order chi connectivity index (χ1) is 7.32. The van der Waals surface area contributed by atoms with E-state index >= 15 is 0 Å². The van der Waals surface area contributed by atoms with E-state index in [1.807, 2.05) is 7.11 Å². The van der Waals surface area contributed by atoms with Gasteiger partial charge in [0.2, 0.25) is 0 Å². The van der Waals surface area contributed by atoms with E-state index in [4.69, 9.17) is 4.74 Å². The van der Waals surface area contributed by atoms with Gasteiger partial charge < -0.3 is 9.64 Å². The first kappa shape index (κ1) is 14.0. The van der Waals surface area contributed by atoms with Gasteiger partial charge in [0.05, 0.1) is 6.61 Å². The van der Waals surface area contributed by atoms with Gasteiger partial charge in [0.15, 0.2) is 0 Å². The molecule has 0 atom stereocenters. The van der Waals surface area contributed by atoms with Crippen LogP contribution >= 0.6 is 0 Å². The predicted molar refractivity (Wildman–Crippen MR) is 69.7 cm³/mol. The van der Waals surface area contributed by atoms with E-state index in [0.717, 1.165) is 6.61 Å². The van der Waals surface area contributed by atoms with Crippen molar-refractivity contribution in [3.63, 3.8) is 0 Å². The Morgan fingerprint density at radius 1 is 1.19 bits per heavy atom. The van der Waals surface area contributed by atoms with Crippen LogP contribution in [0.25, 0.3) is 0 Å². The lowest BCUT2D eigenvalue weighted by Gasteiger charge is -2.50. The van der Waals surface area contributed by atoms with Crippen molar-refractivity contribution in [3.05, 3.63) is 0 Å². The van der Waals surface area contributed by atoms with Crippen molar-refractivity contribution in [3.8, 4) is 0 Å². The molecule has 1 saturated heterocycles. The van der Waals surface area contributed by atoms with Crippen LogP contribution in [0, 0.1) is 10.8 Å². The monoisotopic (exact) mass is 227 g/mol. The molecule has 1 fully saturated rings. The number of hydrogen-bond donors (Lipinski definition) is 0. The van der Waals surface area contributed by atoms with Crippen molar-refractivity contribution in [2.75, 3.05) is 26.8 Å². The standard InChI is InChI=1S/C14H29NO/c1-12(2)15-9-7-14(8-10-15,11-16-6)13(3,4)5/h12H,7-11H2,1-6H3. The lowest BCUT2D eigenvalue weighted by atomic mass is 9.62. The molecule has 1 heterocycles. The zero-order valence-electron chi connectivity index (χ0n) is 12.0. The van der Waals surface area contributed by atoms with Gasteiger partial charge in [0.1, 0.15) is 0 Å². The third kappa shape index (κ3) is 2.78. The number of ether oxygens (including phenoxy) is 1. The van der Waals surface area contributed by atoms with Crippen molar-refractivity contribution < 1.29 is 4.74 Å². The Morgan fingerprint density at radius 3 is 2.00 bits per heavy atom. The van der Waals surface area contributed by atoms with Crippen LogP contribution in [0.5, 0.6) is 0 Å². The summed E-state index contributed by atoms with van der Waals surface area (Å²) < 4.78 is 5.49. The van der Waals surface area contributed by atoms with Crippen LogP contribution in [0.1, 0.15) is 47.5 Å². The van der Waals surface area contributed by atoms with Crippen LogP contribution in [0.4, 0.5) is 0 Å². The van der Waals surface area contributed by atoms with Crippen LogP contribution in [0.3, 0.4) is 0 Å². The molecular formula is C14H29NO. The third-order valence-corrected chi connectivity index (χ3v) is 4.50. The summed E-state index contributed by atoms with van der Waals surface area (Å²) in [5.74, 6) is 0. The molecule has 0 radical (unpaired) electrons. The Morgan fingerprint density at radius 2 is 1.69 bits per heavy atom. The number of likely N-dealkylation sites (tertiary alicyclic amines) is 1. The van der Waals surface area contributed by atoms with Crippen molar-refractivity contribution in [2.24, 2.45) is 10.8 Å². The number of rotatable bonds is 3. The summed E-state index contributed by atoms with van der Waals surface area (Å²) in [5.41, 5.74) is 0.708. The molecule has 0 amide bonds. The predicted octanol–water partition coefficient (Wildman–Crippen LogP) is 3.17. The summed E-state index contributed by atoms with van der Waals surface area (Å²) in [7, 11) is 1.84. The molecule has 16 heavy (non-hydrogen) atoms. The summed E-state index contributed by atoms with van der Waals surface area (Å²) in [6.07, 6.45) is 2.53. The van der Waals surface area contributed by atoms with Crippen molar-refractivity contribution in [1.29, 1.82) is 0 Å². The van der Waals surface area contributed by atoms with Crippen LogP contribution < -0.4 is 0 Å². The number of nitrogens with zero attached hydrogens (tertiary/aromatic N) is 1. The van der Waals surface area contributed by atoms with Crippen molar-refractivity contribution in [2.45, 2.75) is 53.5 Å². The second-order valence-electron chi connectivity index (χ2n) is 6.59. The first-order valence-electron chi connectivity index (χ1n) is 6.55. The minimum atomic E-state index is 0.339. The molecule has 1 aliphatic heterocycles. The molecular weight excluding hydrogens is 198 g/mol. The normalized spacial score (nSPS) is 22.7. The van der Waals surface area contributed by atoms with Gasteiger partial charge in [0.25, 0.3) is 0 Å². The van der Waals surface area contributed by atoms with Gasteiger partial charge in [-0.1, -0.05) is 20.8 Å². The van der Waals surface area contributed by atoms with E-state index in [1.54, 1.807) is 0 Å². The molecule has 0 N–H and O–H groups in total. The molecule has 0 bridgehead atoms. The maximum atomic E-state index is 5.49. The molecule has 0 unspecified atom stereocenters. The van der Waals surface area contributed by atoms with E-state index in [9.17, 15) is 0 Å². The Bertz CT molecular complexity index is 209. The van der Waals surface area contributed by atoms with Crippen molar-refractivity contribution in [1.82, 2.24) is 4.90 Å². The number of hydrogen-bond acceptors (Lipinski definition) is 2. The number of methoxy groups -OCH3 is 1. The van der Waals surface area contributed by atoms with E-state index < -0.39 is 0 Å². The number of piperidine rings is 1. The Labute approximate surface area is 101 Å². The van der Waals surface area contributed by atoms with Gasteiger partial charge in [0, 0.05) is 18.6 Å². The molecule has 1 rings (SSSR count). The molecule has 2 heteroatoms. The molecule has 1 aliphatic rings. The average molecular weight is 227 g/mol. The van der Waals surface area contributed by atoms with Crippen LogP contribution in [-0.4, -0.2) is 37.7 Å². The van der Waals surface area contributed by atoms with E-state index in [2.05, 4.69) is 39.5 Å². The van der Waals surface area contributed by atoms with Gasteiger partial charge >= 0.3 is 0 Å².